The van der Waals surface area contributed by atoms with Gasteiger partial charge in [0.15, 0.2) is 23.1 Å². The van der Waals surface area contributed by atoms with E-state index < -0.39 is 12.9 Å². The lowest BCUT2D eigenvalue weighted by Gasteiger charge is -2.28. The maximum atomic E-state index is 12.8. The molecule has 1 saturated heterocycles. The molecule has 0 bridgehead atoms. The third-order valence-corrected chi connectivity index (χ3v) is 6.75. The van der Waals surface area contributed by atoms with E-state index in [1.54, 1.807) is 18.2 Å². The number of hydrogen-bond acceptors (Lipinski definition) is 10. The minimum atomic E-state index is -2.74. The van der Waals surface area contributed by atoms with Crippen molar-refractivity contribution >= 4 is 29.0 Å². The number of carbonyl (C=O) groups is 2. The van der Waals surface area contributed by atoms with Crippen molar-refractivity contribution in [3.63, 3.8) is 0 Å². The van der Waals surface area contributed by atoms with Crippen LogP contribution in [0.2, 0.25) is 0 Å². The molecule has 2 aromatic heterocycles. The van der Waals surface area contributed by atoms with Crippen LogP contribution in [0.15, 0.2) is 28.8 Å². The molecule has 0 spiro atoms. The Morgan fingerprint density at radius 2 is 2.00 bits per heavy atom. The number of benzene rings is 1. The van der Waals surface area contributed by atoms with Crippen LogP contribution in [-0.4, -0.2) is 64.2 Å². The Labute approximate surface area is 224 Å². The van der Waals surface area contributed by atoms with Crippen LogP contribution >= 0.6 is 0 Å². The summed E-state index contributed by atoms with van der Waals surface area (Å²) in [6.45, 7) is 2.06. The smallest absolute Gasteiger partial charge is 0.273 e. The second-order valence-electron chi connectivity index (χ2n) is 9.70. The van der Waals surface area contributed by atoms with Crippen molar-refractivity contribution in [3.8, 4) is 17.2 Å². The Morgan fingerprint density at radius 3 is 2.74 bits per heavy atom. The summed E-state index contributed by atoms with van der Waals surface area (Å²) < 4.78 is 33.5. The number of para-hydroxylation sites is 1. The van der Waals surface area contributed by atoms with Crippen molar-refractivity contribution < 1.29 is 23.0 Å². The highest BCUT2D eigenvalue weighted by atomic mass is 16.5. The van der Waals surface area contributed by atoms with Gasteiger partial charge in [0.05, 0.1) is 30.6 Å². The SMILES string of the molecule is [2H]C([2H])([2H])NC(=O)c1nnc(NC(=O)C2CC2)cc1Nc1cccc(-c2nc(CN3CCC(C)CC3)no2)c1OC. The molecule has 2 aliphatic rings. The Kier molecular flexibility index (Phi) is 6.44. The fourth-order valence-electron chi connectivity index (χ4n) is 4.37. The largest absolute Gasteiger partial charge is 0.494 e. The van der Waals surface area contributed by atoms with Gasteiger partial charge in [-0.15, -0.1) is 10.2 Å². The Hall–Kier alpha value is -4.06. The fourth-order valence-corrected chi connectivity index (χ4v) is 4.37. The van der Waals surface area contributed by atoms with E-state index in [0.29, 0.717) is 35.3 Å². The maximum absolute atomic E-state index is 12.8. The molecule has 0 unspecified atom stereocenters. The lowest BCUT2D eigenvalue weighted by atomic mass is 9.99. The molecule has 0 radical (unpaired) electrons. The van der Waals surface area contributed by atoms with Gasteiger partial charge in [0.1, 0.15) is 0 Å². The zero-order valence-corrected chi connectivity index (χ0v) is 21.3. The van der Waals surface area contributed by atoms with Crippen LogP contribution in [0.4, 0.5) is 17.2 Å². The monoisotopic (exact) mass is 523 g/mol. The summed E-state index contributed by atoms with van der Waals surface area (Å²) in [5.74, 6) is 0.744. The molecule has 12 nitrogen and oxygen atoms in total. The quantitative estimate of drug-likeness (QED) is 0.382. The molecule has 12 heteroatoms. The van der Waals surface area contributed by atoms with E-state index in [9.17, 15) is 9.59 Å². The highest BCUT2D eigenvalue weighted by molar-refractivity contribution is 6.00. The van der Waals surface area contributed by atoms with E-state index in [4.69, 9.17) is 13.4 Å². The van der Waals surface area contributed by atoms with E-state index in [0.717, 1.165) is 38.8 Å². The van der Waals surface area contributed by atoms with Crippen LogP contribution in [0.1, 0.15) is 53.0 Å². The van der Waals surface area contributed by atoms with Gasteiger partial charge in [0.2, 0.25) is 5.91 Å². The summed E-state index contributed by atoms with van der Waals surface area (Å²) in [4.78, 5) is 32.0. The molecule has 2 amide bonds. The highest BCUT2D eigenvalue weighted by Crippen LogP contribution is 2.38. The predicted octanol–water partition coefficient (Wildman–Crippen LogP) is 3.22. The third-order valence-electron chi connectivity index (χ3n) is 6.75. The first kappa shape index (κ1) is 22.0. The zero-order chi connectivity index (χ0) is 29.1. The molecule has 1 saturated carbocycles. The predicted molar refractivity (Wildman–Crippen MR) is 140 cm³/mol. The molecular formula is C26H32N8O4. The molecule has 0 atom stereocenters. The average Bonchev–Trinajstić information content (AvgIpc) is 3.68. The topological polar surface area (TPSA) is 147 Å². The second kappa shape index (κ2) is 11.1. The van der Waals surface area contributed by atoms with Gasteiger partial charge in [0, 0.05) is 23.1 Å². The number of anilines is 3. The van der Waals surface area contributed by atoms with Gasteiger partial charge < -0.3 is 25.2 Å². The average molecular weight is 524 g/mol. The van der Waals surface area contributed by atoms with E-state index in [1.807, 2.05) is 5.32 Å². The molecule has 1 aliphatic carbocycles. The van der Waals surface area contributed by atoms with Crippen LogP contribution in [0, 0.1) is 11.8 Å². The molecular weight excluding hydrogens is 488 g/mol. The third kappa shape index (κ3) is 5.75. The number of hydrogen-bond donors (Lipinski definition) is 3. The lowest BCUT2D eigenvalue weighted by molar-refractivity contribution is -0.117. The summed E-state index contributed by atoms with van der Waals surface area (Å²) in [6.07, 6.45) is 3.85. The summed E-state index contributed by atoms with van der Waals surface area (Å²) in [5.41, 5.74) is 0.745. The van der Waals surface area contributed by atoms with Crippen molar-refractivity contribution in [2.24, 2.45) is 11.8 Å². The highest BCUT2D eigenvalue weighted by Gasteiger charge is 2.30. The number of piperidine rings is 1. The van der Waals surface area contributed by atoms with Crippen molar-refractivity contribution in [1.82, 2.24) is 30.6 Å². The second-order valence-corrected chi connectivity index (χ2v) is 9.70. The normalized spacial score (nSPS) is 17.7. The minimum Gasteiger partial charge on any atom is -0.494 e. The lowest BCUT2D eigenvalue weighted by Crippen LogP contribution is -2.32. The fraction of sp³-hybridized carbons (Fsp3) is 0.462. The van der Waals surface area contributed by atoms with Gasteiger partial charge in [-0.25, -0.2) is 0 Å². The van der Waals surface area contributed by atoms with Gasteiger partial charge in [-0.3, -0.25) is 14.5 Å². The Bertz CT molecular complexity index is 1420. The molecule has 1 aromatic carbocycles. The zero-order valence-electron chi connectivity index (χ0n) is 24.3. The number of nitrogens with one attached hydrogen (secondary N) is 3. The molecule has 1 aliphatic heterocycles. The maximum Gasteiger partial charge on any atom is 0.273 e. The molecule has 3 N–H and O–H groups in total. The summed E-state index contributed by atoms with van der Waals surface area (Å²) in [7, 11) is 1.48. The van der Waals surface area contributed by atoms with Crippen LogP contribution < -0.4 is 20.7 Å². The van der Waals surface area contributed by atoms with Gasteiger partial charge in [0.25, 0.3) is 11.8 Å². The number of likely N-dealkylation sites (tertiary alicyclic amines) is 1. The van der Waals surface area contributed by atoms with Crippen molar-refractivity contribution in [2.75, 3.05) is 37.8 Å². The van der Waals surface area contributed by atoms with E-state index in [-0.39, 0.29) is 34.9 Å². The Morgan fingerprint density at radius 1 is 1.18 bits per heavy atom. The number of aromatic nitrogens is 4. The van der Waals surface area contributed by atoms with E-state index in [2.05, 4.69) is 42.8 Å². The van der Waals surface area contributed by atoms with E-state index >= 15 is 0 Å². The first-order valence-electron chi connectivity index (χ1n) is 14.1. The van der Waals surface area contributed by atoms with Crippen LogP contribution in [0.5, 0.6) is 5.75 Å². The Balaban J connectivity index is 1.42. The van der Waals surface area contributed by atoms with Gasteiger partial charge in [-0.2, -0.15) is 4.98 Å². The number of ether oxygens (including phenoxy) is 1. The number of carbonyl (C=O) groups excluding carboxylic acids is 2. The first-order valence-corrected chi connectivity index (χ1v) is 12.6. The van der Waals surface area contributed by atoms with Gasteiger partial charge in [-0.05, 0) is 56.8 Å². The molecule has 3 heterocycles. The molecule has 38 heavy (non-hydrogen) atoms. The summed E-state index contributed by atoms with van der Waals surface area (Å²) >= 11 is 0. The molecule has 2 fully saturated rings. The van der Waals surface area contributed by atoms with Crippen LogP contribution in [0.3, 0.4) is 0 Å². The summed E-state index contributed by atoms with van der Waals surface area (Å²) in [5, 5.41) is 19.7. The van der Waals surface area contributed by atoms with E-state index in [1.165, 1.54) is 13.2 Å². The number of methoxy groups -OCH3 is 1. The number of nitrogens with zero attached hydrogens (tertiary/aromatic N) is 5. The van der Waals surface area contributed by atoms with Gasteiger partial charge >= 0.3 is 0 Å². The van der Waals surface area contributed by atoms with Gasteiger partial charge in [-0.1, -0.05) is 18.1 Å². The van der Waals surface area contributed by atoms with Crippen molar-refractivity contribution in [3.05, 3.63) is 35.8 Å². The molecule has 5 rings (SSSR count). The first-order chi connectivity index (χ1) is 19.6. The van der Waals surface area contributed by atoms with Crippen LogP contribution in [0.25, 0.3) is 11.5 Å². The molecule has 3 aromatic rings. The van der Waals surface area contributed by atoms with Crippen molar-refractivity contribution in [2.45, 2.75) is 39.2 Å². The standard InChI is InChI=1S/C26H32N8O4/c1-15-9-11-34(12-10-15)14-21-30-26(38-33-21)17-5-4-6-18(23(17)37-3)28-19-13-20(29-24(35)16-7-8-16)31-32-22(19)25(36)27-2/h4-6,13,15-16H,7-12,14H2,1-3H3,(H,27,36)(H2,28,29,31,35)/i2D3. The van der Waals surface area contributed by atoms with Crippen molar-refractivity contribution in [1.29, 1.82) is 0 Å². The summed E-state index contributed by atoms with van der Waals surface area (Å²) in [6, 6.07) is 6.61. The number of rotatable bonds is 9. The van der Waals surface area contributed by atoms with Crippen LogP contribution in [-0.2, 0) is 11.3 Å². The number of amides is 2. The molecule has 200 valence electrons. The minimum absolute atomic E-state index is 0.0821.